The molecule has 3 aromatic rings. The van der Waals surface area contributed by atoms with Gasteiger partial charge in [0.25, 0.3) is 5.91 Å². The van der Waals surface area contributed by atoms with Gasteiger partial charge in [-0.25, -0.2) is 8.78 Å². The van der Waals surface area contributed by atoms with Crippen molar-refractivity contribution in [3.63, 3.8) is 0 Å². The zero-order valence-corrected chi connectivity index (χ0v) is 18.2. The zero-order valence-electron chi connectivity index (χ0n) is 18.2. The molecule has 1 spiro atoms. The first-order valence-corrected chi connectivity index (χ1v) is 11.1. The fourth-order valence-electron chi connectivity index (χ4n) is 5.20. The van der Waals surface area contributed by atoms with Crippen LogP contribution in [0.1, 0.15) is 39.9 Å². The second-order valence-corrected chi connectivity index (χ2v) is 9.02. The smallest absolute Gasteiger partial charge is 0.261 e. The number of amides is 1. The first-order valence-electron chi connectivity index (χ1n) is 11.1. The Balaban J connectivity index is 1.41. The molecular formula is C27H26F2N2O. The number of benzene rings is 3. The zero-order chi connectivity index (χ0) is 22.3. The number of aryl methyl sites for hydroxylation is 1. The average Bonchev–Trinajstić information content (AvgIpc) is 3.10. The molecule has 2 aliphatic heterocycles. The largest absolute Gasteiger partial charge is 0.307 e. The van der Waals surface area contributed by atoms with Gasteiger partial charge in [-0.05, 0) is 79.9 Å². The van der Waals surface area contributed by atoms with E-state index >= 15 is 0 Å². The number of hydrogen-bond donors (Lipinski definition) is 0. The van der Waals surface area contributed by atoms with Crippen LogP contribution in [0.4, 0.5) is 14.5 Å². The summed E-state index contributed by atoms with van der Waals surface area (Å²) in [6, 6.07) is 19.1. The first-order chi connectivity index (χ1) is 15.5. The maximum absolute atomic E-state index is 14.3. The van der Waals surface area contributed by atoms with Crippen LogP contribution in [-0.2, 0) is 12.0 Å². The highest BCUT2D eigenvalue weighted by molar-refractivity contribution is 6.08. The van der Waals surface area contributed by atoms with Crippen LogP contribution >= 0.6 is 0 Å². The van der Waals surface area contributed by atoms with Crippen LogP contribution in [0, 0.1) is 18.6 Å². The molecule has 5 rings (SSSR count). The van der Waals surface area contributed by atoms with E-state index in [2.05, 4.69) is 36.1 Å². The number of rotatable bonds is 3. The lowest BCUT2D eigenvalue weighted by molar-refractivity contribution is 0.0971. The average molecular weight is 433 g/mol. The van der Waals surface area contributed by atoms with Crippen LogP contribution in [0.3, 0.4) is 0 Å². The quantitative estimate of drug-likeness (QED) is 0.548. The highest BCUT2D eigenvalue weighted by atomic mass is 19.1. The summed E-state index contributed by atoms with van der Waals surface area (Å²) in [5, 5.41) is 0. The van der Waals surface area contributed by atoms with Crippen LogP contribution in [0.25, 0.3) is 0 Å². The third-order valence-corrected chi connectivity index (χ3v) is 7.10. The van der Waals surface area contributed by atoms with Gasteiger partial charge in [0.2, 0.25) is 0 Å². The molecule has 0 aromatic heterocycles. The predicted octanol–water partition coefficient (Wildman–Crippen LogP) is 5.47. The second kappa shape index (κ2) is 8.14. The van der Waals surface area contributed by atoms with Gasteiger partial charge in [0.15, 0.2) is 0 Å². The van der Waals surface area contributed by atoms with E-state index in [1.54, 1.807) is 29.2 Å². The van der Waals surface area contributed by atoms with Crippen molar-refractivity contribution in [3.8, 4) is 0 Å². The Morgan fingerprint density at radius 2 is 1.69 bits per heavy atom. The molecular weight excluding hydrogens is 406 g/mol. The van der Waals surface area contributed by atoms with Crippen LogP contribution < -0.4 is 4.90 Å². The molecule has 0 saturated carbocycles. The van der Waals surface area contributed by atoms with Gasteiger partial charge < -0.3 is 4.90 Å². The number of carbonyl (C=O) groups is 1. The molecule has 0 aliphatic carbocycles. The van der Waals surface area contributed by atoms with Gasteiger partial charge in [0, 0.05) is 24.2 Å². The minimum absolute atomic E-state index is 0.0526. The van der Waals surface area contributed by atoms with Crippen LogP contribution in [0.5, 0.6) is 0 Å². The topological polar surface area (TPSA) is 23.6 Å². The van der Waals surface area contributed by atoms with Gasteiger partial charge in [-0.3, -0.25) is 9.69 Å². The standard InChI is InChI=1S/C27H26F2N2O/c1-19-6-2-3-7-20(19)17-30-14-12-27(13-15-30)18-31(25-11-10-21(28)16-23(25)27)26(32)22-8-4-5-9-24(22)29/h2-11,16H,12-15,17-18H2,1H3. The number of fused-ring (bicyclic) bond motifs is 2. The fourth-order valence-corrected chi connectivity index (χ4v) is 5.20. The molecule has 0 bridgehead atoms. The molecule has 2 aliphatic rings. The molecule has 32 heavy (non-hydrogen) atoms. The van der Waals surface area contributed by atoms with Gasteiger partial charge in [-0.2, -0.15) is 0 Å². The number of carbonyl (C=O) groups excluding carboxylic acids is 1. The van der Waals surface area contributed by atoms with E-state index in [1.807, 2.05) is 0 Å². The molecule has 0 N–H and O–H groups in total. The van der Waals surface area contributed by atoms with Crippen molar-refractivity contribution in [3.05, 3.63) is 101 Å². The van der Waals surface area contributed by atoms with Crippen molar-refractivity contribution in [2.45, 2.75) is 31.7 Å². The van der Waals surface area contributed by atoms with Crippen molar-refractivity contribution in [1.82, 2.24) is 4.90 Å². The lowest BCUT2D eigenvalue weighted by atomic mass is 9.74. The normalized spacial score (nSPS) is 17.5. The monoisotopic (exact) mass is 432 g/mol. The molecule has 5 heteroatoms. The minimum atomic E-state index is -0.532. The number of halogens is 2. The number of piperidine rings is 1. The van der Waals surface area contributed by atoms with Crippen molar-refractivity contribution in [1.29, 1.82) is 0 Å². The first kappa shape index (κ1) is 20.8. The SMILES string of the molecule is Cc1ccccc1CN1CCC2(CC1)CN(C(=O)c1ccccc1F)c1ccc(F)cc12. The molecule has 3 aromatic carbocycles. The number of anilines is 1. The van der Waals surface area contributed by atoms with Crippen LogP contribution in [-0.4, -0.2) is 30.4 Å². The Labute approximate surface area is 187 Å². The molecule has 3 nitrogen and oxygen atoms in total. The molecule has 1 fully saturated rings. The summed E-state index contributed by atoms with van der Waals surface area (Å²) < 4.78 is 28.6. The van der Waals surface area contributed by atoms with Crippen molar-refractivity contribution < 1.29 is 13.6 Å². The summed E-state index contributed by atoms with van der Waals surface area (Å²) in [4.78, 5) is 17.3. The lowest BCUT2D eigenvalue weighted by Crippen LogP contribution is -2.46. The van der Waals surface area contributed by atoms with E-state index in [-0.39, 0.29) is 22.7 Å². The Bertz CT molecular complexity index is 1170. The van der Waals surface area contributed by atoms with E-state index in [0.29, 0.717) is 12.2 Å². The van der Waals surface area contributed by atoms with E-state index in [0.717, 1.165) is 38.0 Å². The van der Waals surface area contributed by atoms with Gasteiger partial charge >= 0.3 is 0 Å². The van der Waals surface area contributed by atoms with Crippen molar-refractivity contribution in [2.75, 3.05) is 24.5 Å². The molecule has 0 unspecified atom stereocenters. The van der Waals surface area contributed by atoms with Crippen molar-refractivity contribution in [2.24, 2.45) is 0 Å². The van der Waals surface area contributed by atoms with E-state index in [9.17, 15) is 13.6 Å². The molecule has 2 heterocycles. The molecule has 0 atom stereocenters. The predicted molar refractivity (Wildman–Crippen MR) is 122 cm³/mol. The number of likely N-dealkylation sites (tertiary alicyclic amines) is 1. The Hall–Kier alpha value is -3.05. The maximum atomic E-state index is 14.3. The van der Waals surface area contributed by atoms with Crippen LogP contribution in [0.15, 0.2) is 66.7 Å². The Morgan fingerprint density at radius 3 is 2.44 bits per heavy atom. The summed E-state index contributed by atoms with van der Waals surface area (Å²) in [5.41, 5.74) is 3.92. The van der Waals surface area contributed by atoms with Gasteiger partial charge in [-0.1, -0.05) is 36.4 Å². The molecule has 1 amide bonds. The summed E-state index contributed by atoms with van der Waals surface area (Å²) in [6.07, 6.45) is 1.66. The molecule has 1 saturated heterocycles. The summed E-state index contributed by atoms with van der Waals surface area (Å²) in [5.74, 6) is -1.20. The third kappa shape index (κ3) is 3.61. The van der Waals surface area contributed by atoms with E-state index < -0.39 is 5.82 Å². The lowest BCUT2D eigenvalue weighted by Gasteiger charge is -2.40. The summed E-state index contributed by atoms with van der Waals surface area (Å²) >= 11 is 0. The summed E-state index contributed by atoms with van der Waals surface area (Å²) in [6.45, 7) is 5.20. The third-order valence-electron chi connectivity index (χ3n) is 7.10. The maximum Gasteiger partial charge on any atom is 0.261 e. The highest BCUT2D eigenvalue weighted by Gasteiger charge is 2.46. The number of hydrogen-bond acceptors (Lipinski definition) is 2. The Kier molecular flexibility index (Phi) is 5.30. The van der Waals surface area contributed by atoms with E-state index in [4.69, 9.17) is 0 Å². The summed E-state index contributed by atoms with van der Waals surface area (Å²) in [7, 11) is 0. The van der Waals surface area contributed by atoms with Crippen molar-refractivity contribution >= 4 is 11.6 Å². The Morgan fingerprint density at radius 1 is 0.969 bits per heavy atom. The van der Waals surface area contributed by atoms with Gasteiger partial charge in [0.05, 0.1) is 5.56 Å². The van der Waals surface area contributed by atoms with Gasteiger partial charge in [0.1, 0.15) is 11.6 Å². The van der Waals surface area contributed by atoms with Gasteiger partial charge in [-0.15, -0.1) is 0 Å². The fraction of sp³-hybridized carbons (Fsp3) is 0.296. The molecule has 0 radical (unpaired) electrons. The number of nitrogens with zero attached hydrogens (tertiary/aromatic N) is 2. The highest BCUT2D eigenvalue weighted by Crippen LogP contribution is 2.48. The van der Waals surface area contributed by atoms with Crippen LogP contribution in [0.2, 0.25) is 0 Å². The van der Waals surface area contributed by atoms with E-state index in [1.165, 1.54) is 29.3 Å². The second-order valence-electron chi connectivity index (χ2n) is 9.02. The molecule has 164 valence electrons. The minimum Gasteiger partial charge on any atom is -0.307 e.